The average molecular weight is 293 g/mol. The summed E-state index contributed by atoms with van der Waals surface area (Å²) in [4.78, 5) is 2.66. The van der Waals surface area contributed by atoms with E-state index in [9.17, 15) is 0 Å². The third-order valence-corrected chi connectivity index (χ3v) is 6.10. The van der Waals surface area contributed by atoms with Crippen molar-refractivity contribution in [3.63, 3.8) is 0 Å². The molecule has 2 aromatic rings. The second-order valence-corrected chi connectivity index (χ2v) is 7.20. The molecule has 2 nitrogen and oxygen atoms in total. The summed E-state index contributed by atoms with van der Waals surface area (Å²) in [6, 6.07) is 13.2. The Morgan fingerprint density at radius 2 is 1.91 bits per heavy atom. The fourth-order valence-electron chi connectivity index (χ4n) is 5.07. The molecular weight excluding hydrogens is 270 g/mol. The molecule has 0 radical (unpaired) electrons. The Balaban J connectivity index is 1.66. The van der Waals surface area contributed by atoms with E-state index in [2.05, 4.69) is 41.3 Å². The first-order valence-corrected chi connectivity index (χ1v) is 8.81. The minimum atomic E-state index is 0.00591. The third kappa shape index (κ3) is 1.70. The lowest BCUT2D eigenvalue weighted by atomic mass is 9.74. The zero-order chi connectivity index (χ0) is 14.6. The highest BCUT2D eigenvalue weighted by Gasteiger charge is 2.51. The molecule has 0 N–H and O–H groups in total. The Morgan fingerprint density at radius 3 is 2.91 bits per heavy atom. The first-order chi connectivity index (χ1) is 10.9. The van der Waals surface area contributed by atoms with Crippen LogP contribution in [0.1, 0.15) is 37.7 Å². The van der Waals surface area contributed by atoms with E-state index in [1.807, 2.05) is 0 Å². The van der Waals surface area contributed by atoms with Crippen LogP contribution >= 0.6 is 0 Å². The largest absolute Gasteiger partial charge is 0.472 e. The minimum absolute atomic E-state index is 0.00591. The summed E-state index contributed by atoms with van der Waals surface area (Å²) >= 11 is 0. The molecule has 114 valence electrons. The van der Waals surface area contributed by atoms with Crippen molar-refractivity contribution < 1.29 is 4.74 Å². The van der Waals surface area contributed by atoms with Crippen molar-refractivity contribution in [3.05, 3.63) is 42.0 Å². The summed E-state index contributed by atoms with van der Waals surface area (Å²) in [5.74, 6) is 1.81. The number of hydrogen-bond acceptors (Lipinski definition) is 2. The first kappa shape index (κ1) is 13.0. The van der Waals surface area contributed by atoms with Crippen LogP contribution in [-0.2, 0) is 6.42 Å². The number of hydrogen-bond donors (Lipinski definition) is 0. The Morgan fingerprint density at radius 1 is 1.00 bits per heavy atom. The molecule has 2 fully saturated rings. The molecule has 0 aliphatic carbocycles. The summed E-state index contributed by atoms with van der Waals surface area (Å²) in [5, 5.41) is 2.74. The summed E-state index contributed by atoms with van der Waals surface area (Å²) < 4.78 is 6.76. The van der Waals surface area contributed by atoms with Crippen molar-refractivity contribution in [1.82, 2.24) is 4.90 Å². The number of piperidine rings is 2. The molecule has 0 amide bonds. The van der Waals surface area contributed by atoms with Gasteiger partial charge in [-0.1, -0.05) is 30.3 Å². The van der Waals surface area contributed by atoms with E-state index in [0.717, 1.165) is 5.75 Å². The van der Waals surface area contributed by atoms with E-state index in [0.29, 0.717) is 5.92 Å². The zero-order valence-electron chi connectivity index (χ0n) is 13.1. The Hall–Kier alpha value is -1.54. The highest BCUT2D eigenvalue weighted by Crippen LogP contribution is 2.49. The normalized spacial score (nSPS) is 31.0. The molecular formula is C20H23NO. The van der Waals surface area contributed by atoms with Gasteiger partial charge in [-0.15, -0.1) is 0 Å². The topological polar surface area (TPSA) is 12.5 Å². The summed E-state index contributed by atoms with van der Waals surface area (Å²) in [6.07, 6.45) is 7.70. The highest BCUT2D eigenvalue weighted by atomic mass is 16.5. The molecule has 3 heterocycles. The monoisotopic (exact) mass is 293 g/mol. The van der Waals surface area contributed by atoms with Crippen molar-refractivity contribution in [3.8, 4) is 5.75 Å². The lowest BCUT2D eigenvalue weighted by molar-refractivity contribution is -0.177. The molecule has 22 heavy (non-hydrogen) atoms. The lowest BCUT2D eigenvalue weighted by Crippen LogP contribution is -2.64. The lowest BCUT2D eigenvalue weighted by Gasteiger charge is -2.56. The van der Waals surface area contributed by atoms with Crippen LogP contribution in [0.4, 0.5) is 0 Å². The minimum Gasteiger partial charge on any atom is -0.472 e. The smallest absolute Gasteiger partial charge is 0.166 e. The Kier molecular flexibility index (Phi) is 2.78. The summed E-state index contributed by atoms with van der Waals surface area (Å²) in [5.41, 5.74) is 1.45. The molecule has 0 aromatic heterocycles. The Labute approximate surface area is 132 Å². The van der Waals surface area contributed by atoms with Crippen LogP contribution in [0.5, 0.6) is 5.75 Å². The van der Waals surface area contributed by atoms with E-state index >= 15 is 0 Å². The number of nitrogens with zero attached hydrogens (tertiary/aromatic N) is 1. The van der Waals surface area contributed by atoms with E-state index < -0.39 is 0 Å². The maximum atomic E-state index is 6.76. The van der Waals surface area contributed by atoms with Gasteiger partial charge >= 0.3 is 0 Å². The second kappa shape index (κ2) is 4.73. The highest BCUT2D eigenvalue weighted by molar-refractivity contribution is 5.88. The van der Waals surface area contributed by atoms with Gasteiger partial charge in [0, 0.05) is 31.0 Å². The van der Waals surface area contributed by atoms with Crippen LogP contribution in [-0.4, -0.2) is 23.7 Å². The molecule has 2 aromatic carbocycles. The summed E-state index contributed by atoms with van der Waals surface area (Å²) in [6.45, 7) is 2.44. The molecule has 3 aliphatic rings. The quantitative estimate of drug-likeness (QED) is 0.715. The molecule has 5 rings (SSSR count). The van der Waals surface area contributed by atoms with Crippen molar-refractivity contribution in [2.75, 3.05) is 13.1 Å². The molecule has 0 bridgehead atoms. The first-order valence-electron chi connectivity index (χ1n) is 8.81. The fraction of sp³-hybridized carbons (Fsp3) is 0.500. The van der Waals surface area contributed by atoms with Gasteiger partial charge in [0.25, 0.3) is 0 Å². The molecule has 2 atom stereocenters. The molecule has 1 spiro atoms. The van der Waals surface area contributed by atoms with E-state index in [1.54, 1.807) is 0 Å². The second-order valence-electron chi connectivity index (χ2n) is 7.20. The van der Waals surface area contributed by atoms with Crippen molar-refractivity contribution in [2.24, 2.45) is 5.92 Å². The maximum Gasteiger partial charge on any atom is 0.166 e. The predicted octanol–water partition coefficient (Wildman–Crippen LogP) is 4.37. The summed E-state index contributed by atoms with van der Waals surface area (Å²) in [7, 11) is 0. The van der Waals surface area contributed by atoms with Crippen LogP contribution in [0.15, 0.2) is 36.4 Å². The van der Waals surface area contributed by atoms with E-state index in [1.165, 1.54) is 68.0 Å². The molecule has 2 saturated heterocycles. The van der Waals surface area contributed by atoms with Gasteiger partial charge in [-0.05, 0) is 48.9 Å². The molecule has 0 unspecified atom stereocenters. The van der Waals surface area contributed by atoms with Gasteiger partial charge in [-0.25, -0.2) is 0 Å². The van der Waals surface area contributed by atoms with Gasteiger partial charge in [0.2, 0.25) is 0 Å². The number of fused-ring (bicyclic) bond motifs is 3. The van der Waals surface area contributed by atoms with E-state index in [4.69, 9.17) is 4.74 Å². The molecule has 3 aliphatic heterocycles. The SMILES string of the molecule is c1ccc2c3c(ccc2c1)O[C@@]12CCCCN1CCC[C@H]2C3. The van der Waals surface area contributed by atoms with Crippen LogP contribution in [0.25, 0.3) is 10.8 Å². The number of ether oxygens (including phenoxy) is 1. The van der Waals surface area contributed by atoms with Crippen LogP contribution in [0.2, 0.25) is 0 Å². The molecule has 0 saturated carbocycles. The predicted molar refractivity (Wildman–Crippen MR) is 89.2 cm³/mol. The van der Waals surface area contributed by atoms with Crippen molar-refractivity contribution in [2.45, 2.75) is 44.2 Å². The van der Waals surface area contributed by atoms with Gasteiger partial charge in [0.1, 0.15) is 5.75 Å². The van der Waals surface area contributed by atoms with E-state index in [-0.39, 0.29) is 5.72 Å². The number of benzene rings is 2. The Bertz CT molecular complexity index is 723. The van der Waals surface area contributed by atoms with Gasteiger partial charge in [0.05, 0.1) is 0 Å². The third-order valence-electron chi connectivity index (χ3n) is 6.10. The van der Waals surface area contributed by atoms with Crippen LogP contribution in [0, 0.1) is 5.92 Å². The van der Waals surface area contributed by atoms with Gasteiger partial charge in [-0.3, -0.25) is 4.90 Å². The standard InChI is InChI=1S/C20H23NO/c1-2-8-17-15(6-1)9-10-19-18(17)14-16-7-5-13-21-12-4-3-11-20(16,21)22-19/h1-2,6,8-10,16H,3-5,7,11-14H2/t16-,20+/m0/s1. The number of rotatable bonds is 0. The van der Waals surface area contributed by atoms with Crippen molar-refractivity contribution >= 4 is 10.8 Å². The van der Waals surface area contributed by atoms with Crippen LogP contribution in [0.3, 0.4) is 0 Å². The fourth-order valence-corrected chi connectivity index (χ4v) is 5.07. The zero-order valence-corrected chi connectivity index (χ0v) is 13.1. The molecule has 2 heteroatoms. The van der Waals surface area contributed by atoms with Gasteiger partial charge in [0.15, 0.2) is 5.72 Å². The maximum absolute atomic E-state index is 6.76. The average Bonchev–Trinajstić information content (AvgIpc) is 2.58. The van der Waals surface area contributed by atoms with Crippen molar-refractivity contribution in [1.29, 1.82) is 0 Å². The van der Waals surface area contributed by atoms with Crippen LogP contribution < -0.4 is 4.74 Å². The van der Waals surface area contributed by atoms with Gasteiger partial charge < -0.3 is 4.74 Å². The van der Waals surface area contributed by atoms with Gasteiger partial charge in [-0.2, -0.15) is 0 Å².